The van der Waals surface area contributed by atoms with Gasteiger partial charge in [-0.05, 0) is 25.0 Å². The molecule has 0 radical (unpaired) electrons. The van der Waals surface area contributed by atoms with E-state index in [1.54, 1.807) is 18.4 Å². The van der Waals surface area contributed by atoms with E-state index in [4.69, 9.17) is 4.74 Å². The lowest BCUT2D eigenvalue weighted by Crippen LogP contribution is -2.16. The van der Waals surface area contributed by atoms with Crippen molar-refractivity contribution < 1.29 is 9.53 Å². The van der Waals surface area contributed by atoms with Crippen molar-refractivity contribution in [2.24, 2.45) is 4.99 Å². The first-order valence-corrected chi connectivity index (χ1v) is 8.26. The molecule has 0 N–H and O–H groups in total. The van der Waals surface area contributed by atoms with Crippen molar-refractivity contribution in [3.8, 4) is 5.75 Å². The number of ether oxygens (including phenoxy) is 1. The van der Waals surface area contributed by atoms with Crippen molar-refractivity contribution in [1.29, 1.82) is 0 Å². The molecule has 0 unspecified atom stereocenters. The quantitative estimate of drug-likeness (QED) is 0.816. The lowest BCUT2D eigenvalue weighted by atomic mass is 10.2. The van der Waals surface area contributed by atoms with Gasteiger partial charge in [0, 0.05) is 19.0 Å². The number of benzene rings is 1. The summed E-state index contributed by atoms with van der Waals surface area (Å²) in [7, 11) is 1.66. The van der Waals surface area contributed by atoms with Crippen molar-refractivity contribution in [2.45, 2.75) is 46.1 Å². The second kappa shape index (κ2) is 7.41. The Morgan fingerprint density at radius 2 is 2.14 bits per heavy atom. The van der Waals surface area contributed by atoms with Crippen LogP contribution in [0.3, 0.4) is 0 Å². The molecule has 4 nitrogen and oxygen atoms in total. The van der Waals surface area contributed by atoms with Crippen molar-refractivity contribution >= 4 is 27.5 Å². The highest BCUT2D eigenvalue weighted by Gasteiger charge is 2.08. The smallest absolute Gasteiger partial charge is 0.248 e. The van der Waals surface area contributed by atoms with Gasteiger partial charge in [-0.15, -0.1) is 0 Å². The number of aromatic nitrogens is 1. The van der Waals surface area contributed by atoms with Gasteiger partial charge in [0.15, 0.2) is 4.80 Å². The summed E-state index contributed by atoms with van der Waals surface area (Å²) in [5, 5.41) is 0. The molecule has 1 amide bonds. The third kappa shape index (κ3) is 3.73. The predicted octanol–water partition coefficient (Wildman–Crippen LogP) is 3.74. The highest BCUT2D eigenvalue weighted by atomic mass is 32.1. The molecule has 0 saturated heterocycles. The van der Waals surface area contributed by atoms with Crippen LogP contribution in [0.15, 0.2) is 23.2 Å². The number of aryl methyl sites for hydroxylation is 1. The maximum absolute atomic E-state index is 11.9. The SMILES string of the molecule is CCCCC(=O)N=c1sc2ccc(OC)cc2n1CCC. The molecular formula is C16H22N2O2S. The van der Waals surface area contributed by atoms with Crippen LogP contribution in [-0.2, 0) is 11.3 Å². The molecule has 0 saturated carbocycles. The number of hydrogen-bond acceptors (Lipinski definition) is 3. The first-order chi connectivity index (χ1) is 10.2. The maximum Gasteiger partial charge on any atom is 0.248 e. The molecule has 1 aromatic heterocycles. The molecule has 114 valence electrons. The zero-order valence-electron chi connectivity index (χ0n) is 12.9. The third-order valence-electron chi connectivity index (χ3n) is 3.30. The van der Waals surface area contributed by atoms with E-state index >= 15 is 0 Å². The second-order valence-corrected chi connectivity index (χ2v) is 5.99. The average Bonchev–Trinajstić information content (AvgIpc) is 2.82. The van der Waals surface area contributed by atoms with Gasteiger partial charge in [-0.2, -0.15) is 4.99 Å². The van der Waals surface area contributed by atoms with Crippen LogP contribution in [-0.4, -0.2) is 17.6 Å². The van der Waals surface area contributed by atoms with Gasteiger partial charge in [0.2, 0.25) is 5.91 Å². The van der Waals surface area contributed by atoms with Crippen LogP contribution in [0, 0.1) is 0 Å². The summed E-state index contributed by atoms with van der Waals surface area (Å²) in [4.78, 5) is 17.0. The molecule has 2 aromatic rings. The Hall–Kier alpha value is -1.62. The molecular weight excluding hydrogens is 284 g/mol. The van der Waals surface area contributed by atoms with Crippen molar-refractivity contribution in [3.05, 3.63) is 23.0 Å². The van der Waals surface area contributed by atoms with Gasteiger partial charge in [0.1, 0.15) is 5.75 Å². The van der Waals surface area contributed by atoms with E-state index in [1.165, 1.54) is 0 Å². The Labute approximate surface area is 129 Å². The van der Waals surface area contributed by atoms with Gasteiger partial charge < -0.3 is 9.30 Å². The summed E-state index contributed by atoms with van der Waals surface area (Å²) < 4.78 is 8.54. The van der Waals surface area contributed by atoms with Gasteiger partial charge in [-0.25, -0.2) is 0 Å². The van der Waals surface area contributed by atoms with Gasteiger partial charge in [0.25, 0.3) is 0 Å². The number of unbranched alkanes of at least 4 members (excludes halogenated alkanes) is 1. The minimum atomic E-state index is -0.0276. The van der Waals surface area contributed by atoms with Gasteiger partial charge >= 0.3 is 0 Å². The molecule has 0 aliphatic heterocycles. The molecule has 1 aromatic carbocycles. The van der Waals surface area contributed by atoms with E-state index in [9.17, 15) is 4.79 Å². The Morgan fingerprint density at radius 1 is 1.33 bits per heavy atom. The number of hydrogen-bond donors (Lipinski definition) is 0. The Morgan fingerprint density at radius 3 is 2.81 bits per heavy atom. The maximum atomic E-state index is 11.9. The molecule has 21 heavy (non-hydrogen) atoms. The first kappa shape index (κ1) is 15.8. The topological polar surface area (TPSA) is 43.6 Å². The number of amides is 1. The zero-order valence-corrected chi connectivity index (χ0v) is 13.7. The largest absolute Gasteiger partial charge is 0.497 e. The minimum Gasteiger partial charge on any atom is -0.497 e. The summed E-state index contributed by atoms with van der Waals surface area (Å²) in [6, 6.07) is 5.98. The van der Waals surface area contributed by atoms with E-state index in [0.29, 0.717) is 6.42 Å². The Balaban J connectivity index is 2.49. The van der Waals surface area contributed by atoms with Crippen molar-refractivity contribution in [3.63, 3.8) is 0 Å². The van der Waals surface area contributed by atoms with Crippen molar-refractivity contribution in [1.82, 2.24) is 4.57 Å². The molecule has 0 bridgehead atoms. The van der Waals surface area contributed by atoms with Crippen LogP contribution in [0.25, 0.3) is 10.2 Å². The normalized spacial score (nSPS) is 12.0. The van der Waals surface area contributed by atoms with E-state index < -0.39 is 0 Å². The van der Waals surface area contributed by atoms with Crippen LogP contribution in [0.1, 0.15) is 39.5 Å². The van der Waals surface area contributed by atoms with Crippen LogP contribution in [0.5, 0.6) is 5.75 Å². The molecule has 0 fully saturated rings. The fraction of sp³-hybridized carbons (Fsp3) is 0.500. The molecule has 5 heteroatoms. The number of nitrogens with zero attached hydrogens (tertiary/aromatic N) is 2. The lowest BCUT2D eigenvalue weighted by Gasteiger charge is -2.04. The van der Waals surface area contributed by atoms with Crippen LogP contribution >= 0.6 is 11.3 Å². The Bertz CT molecular complexity index is 685. The van der Waals surface area contributed by atoms with Gasteiger partial charge in [-0.3, -0.25) is 4.79 Å². The molecule has 0 aliphatic carbocycles. The predicted molar refractivity (Wildman–Crippen MR) is 86.8 cm³/mol. The fourth-order valence-corrected chi connectivity index (χ4v) is 3.25. The lowest BCUT2D eigenvalue weighted by molar-refractivity contribution is -0.118. The molecule has 0 spiro atoms. The fourth-order valence-electron chi connectivity index (χ4n) is 2.19. The highest BCUT2D eigenvalue weighted by molar-refractivity contribution is 7.16. The average molecular weight is 306 g/mol. The summed E-state index contributed by atoms with van der Waals surface area (Å²) in [6.45, 7) is 5.06. The molecule has 1 heterocycles. The van der Waals surface area contributed by atoms with Crippen LogP contribution < -0.4 is 9.54 Å². The van der Waals surface area contributed by atoms with E-state index in [1.807, 2.05) is 18.2 Å². The number of carbonyl (C=O) groups excluding carboxylic acids is 1. The summed E-state index contributed by atoms with van der Waals surface area (Å²) in [5.41, 5.74) is 1.09. The zero-order chi connectivity index (χ0) is 15.2. The molecule has 2 rings (SSSR count). The first-order valence-electron chi connectivity index (χ1n) is 7.44. The number of methoxy groups -OCH3 is 1. The molecule has 0 atom stereocenters. The van der Waals surface area contributed by atoms with Crippen LogP contribution in [0.4, 0.5) is 0 Å². The number of fused-ring (bicyclic) bond motifs is 1. The third-order valence-corrected chi connectivity index (χ3v) is 4.36. The Kier molecular flexibility index (Phi) is 5.56. The van der Waals surface area contributed by atoms with E-state index in [2.05, 4.69) is 23.4 Å². The van der Waals surface area contributed by atoms with E-state index in [0.717, 1.165) is 46.6 Å². The minimum absolute atomic E-state index is 0.0276. The standard InChI is InChI=1S/C16H22N2O2S/c1-4-6-7-15(19)17-16-18(10-5-2)13-11-12(20-3)8-9-14(13)21-16/h8-9,11H,4-7,10H2,1-3H3. The van der Waals surface area contributed by atoms with Gasteiger partial charge in [-0.1, -0.05) is 31.6 Å². The van der Waals surface area contributed by atoms with Crippen molar-refractivity contribution in [2.75, 3.05) is 7.11 Å². The number of carbonyl (C=O) groups is 1. The number of rotatable bonds is 6. The van der Waals surface area contributed by atoms with Crippen LogP contribution in [0.2, 0.25) is 0 Å². The second-order valence-electron chi connectivity index (χ2n) is 4.98. The summed E-state index contributed by atoms with van der Waals surface area (Å²) in [6.07, 6.45) is 3.44. The van der Waals surface area contributed by atoms with Gasteiger partial charge in [0.05, 0.1) is 17.3 Å². The number of thiazole rings is 1. The monoisotopic (exact) mass is 306 g/mol. The summed E-state index contributed by atoms with van der Waals surface area (Å²) >= 11 is 1.56. The van der Waals surface area contributed by atoms with E-state index in [-0.39, 0.29) is 5.91 Å². The highest BCUT2D eigenvalue weighted by Crippen LogP contribution is 2.23. The molecule has 0 aliphatic rings. The summed E-state index contributed by atoms with van der Waals surface area (Å²) in [5.74, 6) is 0.800.